The molecule has 26 heavy (non-hydrogen) atoms. The van der Waals surface area contributed by atoms with Gasteiger partial charge in [-0.2, -0.15) is 0 Å². The number of aliphatic imine (C=N–C) groups is 1. The molecule has 2 aliphatic heterocycles. The molecule has 140 valence electrons. The van der Waals surface area contributed by atoms with Crippen molar-refractivity contribution in [3.63, 3.8) is 0 Å². The van der Waals surface area contributed by atoms with E-state index in [1.165, 1.54) is 11.8 Å². The average molecular weight is 393 g/mol. The summed E-state index contributed by atoms with van der Waals surface area (Å²) < 4.78 is 1.01. The Morgan fingerprint density at radius 1 is 1.19 bits per heavy atom. The van der Waals surface area contributed by atoms with Crippen LogP contribution in [0.3, 0.4) is 0 Å². The summed E-state index contributed by atoms with van der Waals surface area (Å²) in [5.41, 5.74) is 1.93. The van der Waals surface area contributed by atoms with Gasteiger partial charge >= 0.3 is 0 Å². The Morgan fingerprint density at radius 2 is 1.92 bits per heavy atom. The van der Waals surface area contributed by atoms with E-state index in [0.29, 0.717) is 12.2 Å². The van der Waals surface area contributed by atoms with Crippen LogP contribution in [-0.4, -0.2) is 65.3 Å². The standard InChI is InChI=1S/C18H24N4O2S2/c1-2-17(24)22-10-8-21(9-11-22)15-5-3-14(4-6-15)20-16(23)13-26-18-19-7-12-25-18/h3-6H,2,7-13H2,1H3,(H,20,23). The number of thioether (sulfide) groups is 2. The fourth-order valence-electron chi connectivity index (χ4n) is 2.92. The molecule has 6 nitrogen and oxygen atoms in total. The third kappa shape index (κ3) is 5.17. The Labute approximate surface area is 162 Å². The monoisotopic (exact) mass is 392 g/mol. The molecule has 0 saturated carbocycles. The third-order valence-corrected chi connectivity index (χ3v) is 6.59. The number of carbonyl (C=O) groups is 2. The molecule has 2 aliphatic rings. The first-order valence-electron chi connectivity index (χ1n) is 8.88. The fraction of sp³-hybridized carbons (Fsp3) is 0.500. The van der Waals surface area contributed by atoms with Crippen molar-refractivity contribution in [1.82, 2.24) is 4.90 Å². The number of anilines is 2. The van der Waals surface area contributed by atoms with E-state index in [4.69, 9.17) is 0 Å². The van der Waals surface area contributed by atoms with Gasteiger partial charge in [0.15, 0.2) is 0 Å². The van der Waals surface area contributed by atoms with E-state index in [-0.39, 0.29) is 11.8 Å². The Balaban J connectivity index is 1.46. The molecule has 0 radical (unpaired) electrons. The molecule has 1 N–H and O–H groups in total. The lowest BCUT2D eigenvalue weighted by atomic mass is 10.2. The van der Waals surface area contributed by atoms with Gasteiger partial charge in [-0.25, -0.2) is 0 Å². The largest absolute Gasteiger partial charge is 0.368 e. The van der Waals surface area contributed by atoms with Crippen LogP contribution >= 0.6 is 23.5 Å². The minimum absolute atomic E-state index is 0.00959. The first kappa shape index (κ1) is 19.1. The van der Waals surface area contributed by atoms with Crippen molar-refractivity contribution in [3.05, 3.63) is 24.3 Å². The highest BCUT2D eigenvalue weighted by Gasteiger charge is 2.20. The highest BCUT2D eigenvalue weighted by atomic mass is 32.2. The van der Waals surface area contributed by atoms with Crippen molar-refractivity contribution in [2.45, 2.75) is 13.3 Å². The number of rotatable bonds is 5. The lowest BCUT2D eigenvalue weighted by Crippen LogP contribution is -2.48. The van der Waals surface area contributed by atoms with E-state index in [2.05, 4.69) is 15.2 Å². The van der Waals surface area contributed by atoms with E-state index in [1.54, 1.807) is 11.8 Å². The predicted octanol–water partition coefficient (Wildman–Crippen LogP) is 2.52. The van der Waals surface area contributed by atoms with Gasteiger partial charge in [-0.05, 0) is 24.3 Å². The average Bonchev–Trinajstić information content (AvgIpc) is 3.20. The summed E-state index contributed by atoms with van der Waals surface area (Å²) in [4.78, 5) is 32.3. The number of nitrogens with zero attached hydrogens (tertiary/aromatic N) is 3. The second-order valence-electron chi connectivity index (χ2n) is 6.10. The molecule has 2 heterocycles. The van der Waals surface area contributed by atoms with Gasteiger partial charge in [-0.3, -0.25) is 14.6 Å². The molecular formula is C18H24N4O2S2. The maximum absolute atomic E-state index is 12.0. The van der Waals surface area contributed by atoms with Crippen molar-refractivity contribution >= 4 is 51.1 Å². The number of benzene rings is 1. The Hall–Kier alpha value is -1.67. The minimum atomic E-state index is -0.00959. The van der Waals surface area contributed by atoms with Crippen molar-refractivity contribution in [2.75, 3.05) is 54.4 Å². The molecule has 1 fully saturated rings. The smallest absolute Gasteiger partial charge is 0.234 e. The second kappa shape index (κ2) is 9.32. The van der Waals surface area contributed by atoms with E-state index in [9.17, 15) is 9.59 Å². The zero-order valence-electron chi connectivity index (χ0n) is 14.9. The predicted molar refractivity (Wildman–Crippen MR) is 111 cm³/mol. The van der Waals surface area contributed by atoms with Gasteiger partial charge in [0.05, 0.1) is 12.3 Å². The molecule has 1 saturated heterocycles. The zero-order chi connectivity index (χ0) is 18.4. The highest BCUT2D eigenvalue weighted by molar-refractivity contribution is 8.39. The van der Waals surface area contributed by atoms with E-state index >= 15 is 0 Å². The molecular weight excluding hydrogens is 368 g/mol. The number of hydrogen-bond acceptors (Lipinski definition) is 6. The molecule has 0 spiro atoms. The number of amides is 2. The highest BCUT2D eigenvalue weighted by Crippen LogP contribution is 2.23. The summed E-state index contributed by atoms with van der Waals surface area (Å²) >= 11 is 3.22. The topological polar surface area (TPSA) is 65.0 Å². The van der Waals surface area contributed by atoms with Crippen LogP contribution in [0.2, 0.25) is 0 Å². The minimum Gasteiger partial charge on any atom is -0.368 e. The van der Waals surface area contributed by atoms with Gasteiger partial charge in [0.1, 0.15) is 4.38 Å². The first-order chi connectivity index (χ1) is 12.7. The maximum Gasteiger partial charge on any atom is 0.234 e. The lowest BCUT2D eigenvalue weighted by molar-refractivity contribution is -0.131. The third-order valence-electron chi connectivity index (χ3n) is 4.34. The van der Waals surface area contributed by atoms with Crippen molar-refractivity contribution in [2.24, 2.45) is 4.99 Å². The molecule has 8 heteroatoms. The van der Waals surface area contributed by atoms with Crippen LogP contribution in [0, 0.1) is 0 Å². The van der Waals surface area contributed by atoms with Crippen LogP contribution in [0.5, 0.6) is 0 Å². The molecule has 1 aromatic carbocycles. The summed E-state index contributed by atoms with van der Waals surface area (Å²) in [6.07, 6.45) is 0.568. The molecule has 0 unspecified atom stereocenters. The molecule has 0 bridgehead atoms. The molecule has 0 aliphatic carbocycles. The normalized spacial score (nSPS) is 17.2. The van der Waals surface area contributed by atoms with Crippen molar-refractivity contribution in [1.29, 1.82) is 0 Å². The number of nitrogens with one attached hydrogen (secondary N) is 1. The quantitative estimate of drug-likeness (QED) is 0.834. The molecule has 2 amide bonds. The first-order valence-corrected chi connectivity index (χ1v) is 10.9. The second-order valence-corrected chi connectivity index (χ2v) is 8.41. The summed E-state index contributed by atoms with van der Waals surface area (Å²) in [5, 5.41) is 2.93. The molecule has 0 atom stereocenters. The zero-order valence-corrected chi connectivity index (χ0v) is 16.6. The van der Waals surface area contributed by atoms with Gasteiger partial charge in [-0.15, -0.1) is 0 Å². The van der Waals surface area contributed by atoms with Gasteiger partial charge in [0.25, 0.3) is 0 Å². The summed E-state index contributed by atoms with van der Waals surface area (Å²) in [6, 6.07) is 7.92. The summed E-state index contributed by atoms with van der Waals surface area (Å²) in [5.74, 6) is 1.62. The summed E-state index contributed by atoms with van der Waals surface area (Å²) in [6.45, 7) is 5.98. The van der Waals surface area contributed by atoms with Crippen molar-refractivity contribution in [3.8, 4) is 0 Å². The van der Waals surface area contributed by atoms with E-state index in [0.717, 1.165) is 54.2 Å². The van der Waals surface area contributed by atoms with Crippen LogP contribution in [0.1, 0.15) is 13.3 Å². The molecule has 3 rings (SSSR count). The number of carbonyl (C=O) groups excluding carboxylic acids is 2. The SMILES string of the molecule is CCC(=O)N1CCN(c2ccc(NC(=O)CSC3=NCCS3)cc2)CC1. The van der Waals surface area contributed by atoms with Gasteiger partial charge < -0.3 is 15.1 Å². The Bertz CT molecular complexity index is 670. The maximum atomic E-state index is 12.0. The van der Waals surface area contributed by atoms with Crippen LogP contribution in [0.4, 0.5) is 11.4 Å². The Kier molecular flexibility index (Phi) is 6.85. The van der Waals surface area contributed by atoms with Gasteiger partial charge in [0.2, 0.25) is 11.8 Å². The van der Waals surface area contributed by atoms with Crippen LogP contribution in [0.15, 0.2) is 29.3 Å². The van der Waals surface area contributed by atoms with E-state index in [1.807, 2.05) is 36.1 Å². The Morgan fingerprint density at radius 3 is 2.54 bits per heavy atom. The van der Waals surface area contributed by atoms with Crippen LogP contribution in [0.25, 0.3) is 0 Å². The molecule has 1 aromatic rings. The molecule has 0 aromatic heterocycles. The van der Waals surface area contributed by atoms with Gasteiger partial charge in [-0.1, -0.05) is 30.4 Å². The van der Waals surface area contributed by atoms with Gasteiger partial charge in [0, 0.05) is 49.7 Å². The van der Waals surface area contributed by atoms with Crippen molar-refractivity contribution < 1.29 is 9.59 Å². The number of hydrogen-bond donors (Lipinski definition) is 1. The fourth-order valence-corrected chi connectivity index (χ4v) is 4.73. The lowest BCUT2D eigenvalue weighted by Gasteiger charge is -2.36. The summed E-state index contributed by atoms with van der Waals surface area (Å²) in [7, 11) is 0. The van der Waals surface area contributed by atoms with E-state index < -0.39 is 0 Å². The number of piperazine rings is 1. The van der Waals surface area contributed by atoms with Crippen LogP contribution in [-0.2, 0) is 9.59 Å². The van der Waals surface area contributed by atoms with Crippen LogP contribution < -0.4 is 10.2 Å².